The maximum Gasteiger partial charge on any atom is 0.201 e. The molecule has 4 nitrogen and oxygen atoms in total. The molecule has 0 saturated heterocycles. The van der Waals surface area contributed by atoms with E-state index in [1.54, 1.807) is 11.6 Å². The molecular formula is C21H28N2O2. The van der Waals surface area contributed by atoms with Crippen LogP contribution in [-0.2, 0) is 6.54 Å². The minimum Gasteiger partial charge on any atom is -0.440 e. The molecule has 1 aromatic heterocycles. The van der Waals surface area contributed by atoms with Crippen molar-refractivity contribution < 1.29 is 4.42 Å². The maximum absolute atomic E-state index is 12.6. The van der Waals surface area contributed by atoms with Gasteiger partial charge in [-0.25, -0.2) is 0 Å². The largest absolute Gasteiger partial charge is 0.440 e. The molecule has 4 heteroatoms. The van der Waals surface area contributed by atoms with Gasteiger partial charge in [-0.05, 0) is 42.7 Å². The number of nitrogens with two attached hydrogens (primary N) is 1. The van der Waals surface area contributed by atoms with Gasteiger partial charge in [0.25, 0.3) is 0 Å². The first-order valence-corrected chi connectivity index (χ1v) is 9.08. The molecule has 134 valence electrons. The lowest BCUT2D eigenvalue weighted by Crippen LogP contribution is -2.23. The minimum absolute atomic E-state index is 0.0367. The minimum atomic E-state index is -0.0367. The van der Waals surface area contributed by atoms with Gasteiger partial charge in [0.2, 0.25) is 5.88 Å². The van der Waals surface area contributed by atoms with Crippen LogP contribution < -0.4 is 16.5 Å². The Kier molecular flexibility index (Phi) is 5.00. The third kappa shape index (κ3) is 3.79. The van der Waals surface area contributed by atoms with Crippen LogP contribution in [0.1, 0.15) is 45.6 Å². The van der Waals surface area contributed by atoms with Gasteiger partial charge in [0.05, 0.1) is 10.9 Å². The highest BCUT2D eigenvalue weighted by Crippen LogP contribution is 2.35. The number of nitrogens with one attached hydrogen (secondary N) is 1. The SMILES string of the molecule is CC(C)(C)C1=CCC(CNc2oc3ccccc3c(=O)c2CN)CC1. The van der Waals surface area contributed by atoms with Crippen molar-refractivity contribution in [2.24, 2.45) is 17.1 Å². The second kappa shape index (κ2) is 7.04. The van der Waals surface area contributed by atoms with Gasteiger partial charge in [-0.15, -0.1) is 0 Å². The fourth-order valence-corrected chi connectivity index (χ4v) is 3.50. The number of anilines is 1. The standard InChI is InChI=1S/C21H28N2O2/c1-21(2,3)15-10-8-14(9-11-15)13-23-20-17(12-22)19(24)16-6-4-5-7-18(16)25-20/h4-7,10,14,23H,8-9,11-13,22H2,1-3H3. The molecule has 2 aromatic rings. The zero-order valence-electron chi connectivity index (χ0n) is 15.4. The van der Waals surface area contributed by atoms with E-state index in [4.69, 9.17) is 10.2 Å². The van der Waals surface area contributed by atoms with E-state index in [0.717, 1.165) is 25.8 Å². The van der Waals surface area contributed by atoms with Gasteiger partial charge < -0.3 is 15.5 Å². The van der Waals surface area contributed by atoms with Crippen molar-refractivity contribution in [3.8, 4) is 0 Å². The summed E-state index contributed by atoms with van der Waals surface area (Å²) in [6.45, 7) is 7.79. The third-order valence-electron chi connectivity index (χ3n) is 5.13. The number of hydrogen-bond donors (Lipinski definition) is 2. The van der Waals surface area contributed by atoms with E-state index < -0.39 is 0 Å². The molecule has 3 rings (SSSR count). The number of fused-ring (bicyclic) bond motifs is 1. The molecule has 0 saturated carbocycles. The maximum atomic E-state index is 12.6. The molecule has 25 heavy (non-hydrogen) atoms. The molecule has 1 aliphatic carbocycles. The van der Waals surface area contributed by atoms with E-state index in [-0.39, 0.29) is 17.4 Å². The molecule has 0 fully saturated rings. The van der Waals surface area contributed by atoms with Gasteiger partial charge in [0.15, 0.2) is 5.43 Å². The smallest absolute Gasteiger partial charge is 0.201 e. The van der Waals surface area contributed by atoms with Crippen LogP contribution >= 0.6 is 0 Å². The summed E-state index contributed by atoms with van der Waals surface area (Å²) in [5.74, 6) is 1.07. The quantitative estimate of drug-likeness (QED) is 0.808. The van der Waals surface area contributed by atoms with Crippen molar-refractivity contribution in [2.45, 2.75) is 46.6 Å². The number of hydrogen-bond acceptors (Lipinski definition) is 4. The third-order valence-corrected chi connectivity index (χ3v) is 5.13. The Bertz CT molecular complexity index is 843. The first kappa shape index (κ1) is 17.7. The van der Waals surface area contributed by atoms with E-state index in [9.17, 15) is 4.79 Å². The average Bonchev–Trinajstić information content (AvgIpc) is 2.60. The molecule has 0 aliphatic heterocycles. The number of rotatable bonds is 4. The molecular weight excluding hydrogens is 312 g/mol. The van der Waals surface area contributed by atoms with Crippen molar-refractivity contribution >= 4 is 16.9 Å². The van der Waals surface area contributed by atoms with Crippen molar-refractivity contribution in [3.63, 3.8) is 0 Å². The number of allylic oxidation sites excluding steroid dienone is 2. The zero-order chi connectivity index (χ0) is 18.0. The molecule has 3 N–H and O–H groups in total. The highest BCUT2D eigenvalue weighted by atomic mass is 16.3. The van der Waals surface area contributed by atoms with Crippen LogP contribution in [0.5, 0.6) is 0 Å². The molecule has 0 spiro atoms. The Morgan fingerprint density at radius 1 is 1.28 bits per heavy atom. The lowest BCUT2D eigenvalue weighted by molar-refractivity contribution is 0.411. The summed E-state index contributed by atoms with van der Waals surface area (Å²) in [4.78, 5) is 12.6. The van der Waals surface area contributed by atoms with Gasteiger partial charge in [0.1, 0.15) is 5.58 Å². The second-order valence-electron chi connectivity index (χ2n) is 7.94. The summed E-state index contributed by atoms with van der Waals surface area (Å²) in [6.07, 6.45) is 5.75. The van der Waals surface area contributed by atoms with E-state index >= 15 is 0 Å². The predicted molar refractivity (Wildman–Crippen MR) is 104 cm³/mol. The fourth-order valence-electron chi connectivity index (χ4n) is 3.50. The Hall–Kier alpha value is -2.07. The summed E-state index contributed by atoms with van der Waals surface area (Å²) in [5.41, 5.74) is 8.71. The van der Waals surface area contributed by atoms with E-state index in [1.807, 2.05) is 18.2 Å². The van der Waals surface area contributed by atoms with Crippen LogP contribution in [0.15, 0.2) is 45.1 Å². The molecule has 1 aliphatic rings. The van der Waals surface area contributed by atoms with Crippen molar-refractivity contribution in [3.05, 3.63) is 51.7 Å². The van der Waals surface area contributed by atoms with Crippen LogP contribution in [0.4, 0.5) is 5.88 Å². The monoisotopic (exact) mass is 340 g/mol. The summed E-state index contributed by atoms with van der Waals surface area (Å²) < 4.78 is 5.92. The van der Waals surface area contributed by atoms with Gasteiger partial charge in [-0.1, -0.05) is 44.6 Å². The topological polar surface area (TPSA) is 68.3 Å². The summed E-state index contributed by atoms with van der Waals surface area (Å²) >= 11 is 0. The van der Waals surface area contributed by atoms with Crippen LogP contribution in [0, 0.1) is 11.3 Å². The molecule has 0 bridgehead atoms. The van der Waals surface area contributed by atoms with Crippen LogP contribution in [0.25, 0.3) is 11.0 Å². The molecule has 0 radical (unpaired) electrons. The average molecular weight is 340 g/mol. The predicted octanol–water partition coefficient (Wildman–Crippen LogP) is 4.44. The Morgan fingerprint density at radius 2 is 2.04 bits per heavy atom. The van der Waals surface area contributed by atoms with Crippen molar-refractivity contribution in [2.75, 3.05) is 11.9 Å². The van der Waals surface area contributed by atoms with Crippen LogP contribution in [0.3, 0.4) is 0 Å². The van der Waals surface area contributed by atoms with Crippen LogP contribution in [0.2, 0.25) is 0 Å². The lowest BCUT2D eigenvalue weighted by atomic mass is 9.77. The Labute approximate surface area is 149 Å². The Morgan fingerprint density at radius 3 is 2.68 bits per heavy atom. The van der Waals surface area contributed by atoms with E-state index in [0.29, 0.717) is 28.3 Å². The van der Waals surface area contributed by atoms with E-state index in [2.05, 4.69) is 32.2 Å². The van der Waals surface area contributed by atoms with Gasteiger partial charge in [0, 0.05) is 13.1 Å². The number of benzene rings is 1. The van der Waals surface area contributed by atoms with Crippen molar-refractivity contribution in [1.82, 2.24) is 0 Å². The first-order valence-electron chi connectivity index (χ1n) is 9.08. The highest BCUT2D eigenvalue weighted by molar-refractivity contribution is 5.78. The van der Waals surface area contributed by atoms with Crippen molar-refractivity contribution in [1.29, 1.82) is 0 Å². The molecule has 1 aromatic carbocycles. The first-order chi connectivity index (χ1) is 11.9. The Balaban J connectivity index is 1.76. The molecule has 1 atom stereocenters. The summed E-state index contributed by atoms with van der Waals surface area (Å²) in [5, 5.41) is 3.93. The summed E-state index contributed by atoms with van der Waals surface area (Å²) in [6, 6.07) is 7.32. The number of para-hydroxylation sites is 1. The van der Waals surface area contributed by atoms with Gasteiger partial charge in [-0.2, -0.15) is 0 Å². The van der Waals surface area contributed by atoms with Gasteiger partial charge in [-0.3, -0.25) is 4.79 Å². The summed E-state index contributed by atoms with van der Waals surface area (Å²) in [7, 11) is 0. The lowest BCUT2D eigenvalue weighted by Gasteiger charge is -2.30. The molecule has 1 heterocycles. The van der Waals surface area contributed by atoms with Crippen LogP contribution in [-0.4, -0.2) is 6.54 Å². The normalized spacial score (nSPS) is 18.2. The van der Waals surface area contributed by atoms with E-state index in [1.165, 1.54) is 0 Å². The van der Waals surface area contributed by atoms with Gasteiger partial charge >= 0.3 is 0 Å². The fraction of sp³-hybridized carbons (Fsp3) is 0.476. The zero-order valence-corrected chi connectivity index (χ0v) is 15.4. The highest BCUT2D eigenvalue weighted by Gasteiger charge is 2.23. The molecule has 0 amide bonds. The molecule has 1 unspecified atom stereocenters. The second-order valence-corrected chi connectivity index (χ2v) is 7.94.